The summed E-state index contributed by atoms with van der Waals surface area (Å²) >= 11 is 0. The summed E-state index contributed by atoms with van der Waals surface area (Å²) in [6.45, 7) is 3.42. The Labute approximate surface area is 166 Å². The van der Waals surface area contributed by atoms with Gasteiger partial charge in [0.2, 0.25) is 0 Å². The zero-order valence-corrected chi connectivity index (χ0v) is 18.1. The summed E-state index contributed by atoms with van der Waals surface area (Å²) in [5, 5.41) is 0. The fraction of sp³-hybridized carbons (Fsp3) is 0.889. The Morgan fingerprint density at radius 2 is 0.929 bits per heavy atom. The van der Waals surface area contributed by atoms with E-state index in [1.165, 1.54) is 42.7 Å². The van der Waals surface area contributed by atoms with E-state index in [2.05, 4.69) is 9.78 Å². The molecule has 0 aromatic carbocycles. The SMILES string of the molecule is COC(CC(=O)OOC(=O)CC(CC(C)(OC)OC)OC)CC(C)(OC)OC. The molecular weight excluding hydrogens is 376 g/mol. The molecule has 0 bridgehead atoms. The first-order chi connectivity index (χ1) is 13.1. The average Bonchev–Trinajstić information content (AvgIpc) is 2.70. The molecule has 0 amide bonds. The fourth-order valence-electron chi connectivity index (χ4n) is 2.34. The first kappa shape index (κ1) is 26.7. The molecular formula is C18H34O10. The summed E-state index contributed by atoms with van der Waals surface area (Å²) in [6.07, 6.45) is -0.842. The topological polar surface area (TPSA) is 108 Å². The Morgan fingerprint density at radius 1 is 0.643 bits per heavy atom. The second kappa shape index (κ2) is 13.0. The van der Waals surface area contributed by atoms with Crippen LogP contribution in [0.15, 0.2) is 0 Å². The highest BCUT2D eigenvalue weighted by Gasteiger charge is 2.31. The molecule has 10 heteroatoms. The number of ether oxygens (including phenoxy) is 6. The van der Waals surface area contributed by atoms with Gasteiger partial charge in [-0.2, -0.15) is 0 Å². The van der Waals surface area contributed by atoms with E-state index in [0.717, 1.165) is 0 Å². The number of rotatable bonds is 14. The van der Waals surface area contributed by atoms with Gasteiger partial charge in [0.05, 0.1) is 25.0 Å². The number of carbonyl (C=O) groups is 2. The molecule has 0 heterocycles. The van der Waals surface area contributed by atoms with Crippen molar-refractivity contribution in [2.45, 2.75) is 63.3 Å². The van der Waals surface area contributed by atoms with Gasteiger partial charge in [0, 0.05) is 55.5 Å². The maximum absolute atomic E-state index is 11.9. The van der Waals surface area contributed by atoms with Crippen LogP contribution in [0.3, 0.4) is 0 Å². The highest BCUT2D eigenvalue weighted by Crippen LogP contribution is 2.22. The highest BCUT2D eigenvalue weighted by molar-refractivity contribution is 5.73. The van der Waals surface area contributed by atoms with Gasteiger partial charge in [0.25, 0.3) is 0 Å². The van der Waals surface area contributed by atoms with Crippen molar-refractivity contribution in [2.75, 3.05) is 42.7 Å². The van der Waals surface area contributed by atoms with E-state index in [4.69, 9.17) is 28.4 Å². The second-order valence-corrected chi connectivity index (χ2v) is 6.53. The minimum absolute atomic E-state index is 0.148. The van der Waals surface area contributed by atoms with Crippen LogP contribution < -0.4 is 0 Å². The van der Waals surface area contributed by atoms with Gasteiger partial charge in [-0.25, -0.2) is 19.4 Å². The molecule has 0 aliphatic carbocycles. The Bertz CT molecular complexity index is 417. The van der Waals surface area contributed by atoms with Crippen LogP contribution in [0.1, 0.15) is 39.5 Å². The lowest BCUT2D eigenvalue weighted by Crippen LogP contribution is -2.36. The summed E-state index contributed by atoms with van der Waals surface area (Å²) in [5.41, 5.74) is 0. The van der Waals surface area contributed by atoms with Gasteiger partial charge < -0.3 is 28.4 Å². The van der Waals surface area contributed by atoms with Crippen LogP contribution in [0.5, 0.6) is 0 Å². The standard InChI is InChI=1S/C18H34O10/c1-17(23-5,24-6)11-13(21-3)9-15(19)27-28-16(20)10-14(22-4)12-18(2,25-7)26-8/h13-14H,9-12H2,1-8H3. The fourth-order valence-corrected chi connectivity index (χ4v) is 2.34. The molecule has 0 rings (SSSR count). The molecule has 0 fully saturated rings. The Balaban J connectivity index is 4.50. The molecule has 0 aliphatic rings. The molecule has 166 valence electrons. The molecule has 2 unspecified atom stereocenters. The highest BCUT2D eigenvalue weighted by atomic mass is 17.2. The van der Waals surface area contributed by atoms with Crippen LogP contribution in [0, 0.1) is 0 Å². The van der Waals surface area contributed by atoms with Crippen LogP contribution in [-0.4, -0.2) is 78.4 Å². The average molecular weight is 410 g/mol. The third-order valence-electron chi connectivity index (χ3n) is 4.61. The van der Waals surface area contributed by atoms with Crippen LogP contribution in [0.2, 0.25) is 0 Å². The molecule has 0 aliphatic heterocycles. The maximum atomic E-state index is 11.9. The summed E-state index contributed by atoms with van der Waals surface area (Å²) in [4.78, 5) is 33.0. The van der Waals surface area contributed by atoms with Crippen molar-refractivity contribution < 1.29 is 47.8 Å². The van der Waals surface area contributed by atoms with E-state index in [1.807, 2.05) is 0 Å². The van der Waals surface area contributed by atoms with Crippen molar-refractivity contribution in [3.05, 3.63) is 0 Å². The number of carbonyl (C=O) groups excluding carboxylic acids is 2. The van der Waals surface area contributed by atoms with E-state index in [1.54, 1.807) is 13.8 Å². The summed E-state index contributed by atoms with van der Waals surface area (Å²) in [7, 11) is 8.84. The number of hydrogen-bond donors (Lipinski definition) is 0. The van der Waals surface area contributed by atoms with Crippen molar-refractivity contribution in [3.63, 3.8) is 0 Å². The molecule has 0 aromatic heterocycles. The third kappa shape index (κ3) is 9.76. The van der Waals surface area contributed by atoms with E-state index < -0.39 is 35.7 Å². The van der Waals surface area contributed by atoms with Crippen molar-refractivity contribution in [1.82, 2.24) is 0 Å². The Hall–Kier alpha value is -1.30. The zero-order chi connectivity index (χ0) is 21.8. The molecule has 0 saturated heterocycles. The van der Waals surface area contributed by atoms with Crippen molar-refractivity contribution in [3.8, 4) is 0 Å². The van der Waals surface area contributed by atoms with Gasteiger partial charge >= 0.3 is 11.9 Å². The van der Waals surface area contributed by atoms with E-state index in [0.29, 0.717) is 0 Å². The summed E-state index contributed by atoms with van der Waals surface area (Å²) in [6, 6.07) is 0. The first-order valence-corrected chi connectivity index (χ1v) is 8.77. The van der Waals surface area contributed by atoms with E-state index >= 15 is 0 Å². The van der Waals surface area contributed by atoms with Gasteiger partial charge in [-0.15, -0.1) is 0 Å². The minimum Gasteiger partial charge on any atom is -0.381 e. The molecule has 2 atom stereocenters. The molecule has 0 aromatic rings. The van der Waals surface area contributed by atoms with Crippen LogP contribution in [0.25, 0.3) is 0 Å². The maximum Gasteiger partial charge on any atom is 0.358 e. The van der Waals surface area contributed by atoms with E-state index in [-0.39, 0.29) is 25.7 Å². The summed E-state index contributed by atoms with van der Waals surface area (Å²) in [5.74, 6) is -3.36. The quantitative estimate of drug-likeness (QED) is 0.238. The smallest absolute Gasteiger partial charge is 0.358 e. The van der Waals surface area contributed by atoms with Crippen molar-refractivity contribution in [1.29, 1.82) is 0 Å². The number of methoxy groups -OCH3 is 6. The predicted octanol–water partition coefficient (Wildman–Crippen LogP) is 1.60. The lowest BCUT2D eigenvalue weighted by atomic mass is 10.1. The van der Waals surface area contributed by atoms with Gasteiger partial charge in [0.1, 0.15) is 0 Å². The van der Waals surface area contributed by atoms with Gasteiger partial charge in [-0.05, 0) is 13.8 Å². The first-order valence-electron chi connectivity index (χ1n) is 8.77. The van der Waals surface area contributed by atoms with E-state index in [9.17, 15) is 9.59 Å². The Kier molecular flexibility index (Phi) is 12.4. The molecule has 0 spiro atoms. The Morgan fingerprint density at radius 3 is 1.14 bits per heavy atom. The lowest BCUT2D eigenvalue weighted by molar-refractivity contribution is -0.264. The number of hydrogen-bond acceptors (Lipinski definition) is 10. The van der Waals surface area contributed by atoms with Crippen molar-refractivity contribution in [2.24, 2.45) is 0 Å². The van der Waals surface area contributed by atoms with Crippen LogP contribution in [0.4, 0.5) is 0 Å². The van der Waals surface area contributed by atoms with Gasteiger partial charge in [0.15, 0.2) is 11.6 Å². The largest absolute Gasteiger partial charge is 0.381 e. The second-order valence-electron chi connectivity index (χ2n) is 6.53. The molecule has 10 nitrogen and oxygen atoms in total. The molecule has 0 N–H and O–H groups in total. The van der Waals surface area contributed by atoms with Gasteiger partial charge in [-0.1, -0.05) is 0 Å². The molecule has 0 saturated carbocycles. The molecule has 28 heavy (non-hydrogen) atoms. The van der Waals surface area contributed by atoms with Crippen molar-refractivity contribution >= 4 is 11.9 Å². The van der Waals surface area contributed by atoms with Crippen LogP contribution >= 0.6 is 0 Å². The third-order valence-corrected chi connectivity index (χ3v) is 4.61. The minimum atomic E-state index is -0.918. The monoisotopic (exact) mass is 410 g/mol. The lowest BCUT2D eigenvalue weighted by Gasteiger charge is -2.30. The van der Waals surface area contributed by atoms with Crippen LogP contribution in [-0.2, 0) is 47.8 Å². The summed E-state index contributed by atoms with van der Waals surface area (Å²) < 4.78 is 31.4. The zero-order valence-electron chi connectivity index (χ0n) is 18.1. The van der Waals surface area contributed by atoms with Gasteiger partial charge in [-0.3, -0.25) is 0 Å². The predicted molar refractivity (Wildman–Crippen MR) is 97.1 cm³/mol. The molecule has 0 radical (unpaired) electrons. The normalized spacial score (nSPS) is 14.4.